The molecule has 100 valence electrons. The molecule has 0 aliphatic rings. The maximum absolute atomic E-state index is 12.5. The molecule has 20 heavy (non-hydrogen) atoms. The standard InChI is InChI=1S/C14H11N3O3/c1-7-3-2-4-9-10(7)8(5-15-9)13(18)11-12(14(19)20)17-6-16-11/h2-6,15H,1H3,(H,16,17)(H,19,20). The van der Waals surface area contributed by atoms with Crippen LogP contribution in [0.3, 0.4) is 0 Å². The number of H-pyrrole nitrogens is 2. The molecule has 0 aliphatic heterocycles. The lowest BCUT2D eigenvalue weighted by Crippen LogP contribution is -2.09. The molecular weight excluding hydrogens is 258 g/mol. The summed E-state index contributed by atoms with van der Waals surface area (Å²) in [6.07, 6.45) is 2.79. The van der Waals surface area contributed by atoms with Gasteiger partial charge in [0.1, 0.15) is 5.69 Å². The molecular formula is C14H11N3O3. The Kier molecular flexibility index (Phi) is 2.64. The van der Waals surface area contributed by atoms with Gasteiger partial charge in [0.05, 0.1) is 6.33 Å². The topological polar surface area (TPSA) is 98.8 Å². The highest BCUT2D eigenvalue weighted by atomic mass is 16.4. The van der Waals surface area contributed by atoms with E-state index in [4.69, 9.17) is 5.11 Å². The molecule has 0 amide bonds. The van der Waals surface area contributed by atoms with Gasteiger partial charge in [0, 0.05) is 22.7 Å². The summed E-state index contributed by atoms with van der Waals surface area (Å²) in [6, 6.07) is 5.65. The van der Waals surface area contributed by atoms with Crippen LogP contribution in [-0.4, -0.2) is 31.8 Å². The Morgan fingerprint density at radius 1 is 1.25 bits per heavy atom. The van der Waals surface area contributed by atoms with Crippen LogP contribution in [0.25, 0.3) is 10.9 Å². The molecule has 0 saturated heterocycles. The van der Waals surface area contributed by atoms with E-state index in [1.165, 1.54) is 6.33 Å². The number of carbonyl (C=O) groups excluding carboxylic acids is 1. The van der Waals surface area contributed by atoms with Gasteiger partial charge >= 0.3 is 5.97 Å². The Morgan fingerprint density at radius 3 is 2.80 bits per heavy atom. The van der Waals surface area contributed by atoms with Gasteiger partial charge in [-0.2, -0.15) is 0 Å². The average molecular weight is 269 g/mol. The van der Waals surface area contributed by atoms with Crippen molar-refractivity contribution in [1.82, 2.24) is 15.0 Å². The third-order valence-corrected chi connectivity index (χ3v) is 3.23. The Labute approximate surface area is 113 Å². The minimum Gasteiger partial charge on any atom is -0.477 e. The third kappa shape index (κ3) is 1.70. The number of carboxylic acid groups (broad SMARTS) is 1. The van der Waals surface area contributed by atoms with Crippen LogP contribution in [0.4, 0.5) is 0 Å². The van der Waals surface area contributed by atoms with Gasteiger partial charge in [0.25, 0.3) is 0 Å². The first-order chi connectivity index (χ1) is 9.59. The number of nitrogens with one attached hydrogen (secondary N) is 2. The minimum atomic E-state index is -1.21. The van der Waals surface area contributed by atoms with E-state index in [9.17, 15) is 9.59 Å². The number of carboxylic acids is 1. The van der Waals surface area contributed by atoms with E-state index in [0.29, 0.717) is 5.56 Å². The highest BCUT2D eigenvalue weighted by Gasteiger charge is 2.23. The van der Waals surface area contributed by atoms with Crippen molar-refractivity contribution in [3.8, 4) is 0 Å². The number of hydrogen-bond donors (Lipinski definition) is 3. The number of fused-ring (bicyclic) bond motifs is 1. The van der Waals surface area contributed by atoms with Crippen molar-refractivity contribution in [3.05, 3.63) is 53.2 Å². The molecule has 2 heterocycles. The largest absolute Gasteiger partial charge is 0.477 e. The molecule has 0 fully saturated rings. The predicted molar refractivity (Wildman–Crippen MR) is 72.0 cm³/mol. The summed E-state index contributed by atoms with van der Waals surface area (Å²) in [5, 5.41) is 9.83. The fraction of sp³-hybridized carbons (Fsp3) is 0.0714. The Bertz CT molecular complexity index is 829. The average Bonchev–Trinajstić information content (AvgIpc) is 3.05. The number of nitrogens with zero attached hydrogens (tertiary/aromatic N) is 1. The Hall–Kier alpha value is -2.89. The zero-order chi connectivity index (χ0) is 14.3. The molecule has 1 aromatic carbocycles. The van der Waals surface area contributed by atoms with Crippen molar-refractivity contribution in [3.63, 3.8) is 0 Å². The number of aromatic amines is 2. The van der Waals surface area contributed by atoms with Gasteiger partial charge in [-0.1, -0.05) is 12.1 Å². The summed E-state index contributed by atoms with van der Waals surface area (Å²) < 4.78 is 0. The SMILES string of the molecule is Cc1cccc2[nH]cc(C(=O)c3nc[nH]c3C(=O)O)c12. The van der Waals surface area contributed by atoms with Crippen LogP contribution in [0.15, 0.2) is 30.7 Å². The number of benzene rings is 1. The van der Waals surface area contributed by atoms with Gasteiger partial charge in [-0.25, -0.2) is 9.78 Å². The van der Waals surface area contributed by atoms with Crippen LogP contribution in [0.5, 0.6) is 0 Å². The number of aryl methyl sites for hydroxylation is 1. The number of hydrogen-bond acceptors (Lipinski definition) is 3. The van der Waals surface area contributed by atoms with Gasteiger partial charge in [-0.05, 0) is 18.6 Å². The van der Waals surface area contributed by atoms with Gasteiger partial charge in [0.2, 0.25) is 5.78 Å². The lowest BCUT2D eigenvalue weighted by molar-refractivity contribution is 0.0687. The Morgan fingerprint density at radius 2 is 2.05 bits per heavy atom. The molecule has 0 atom stereocenters. The summed E-state index contributed by atoms with van der Waals surface area (Å²) in [5.41, 5.74) is 1.92. The van der Waals surface area contributed by atoms with Crippen LogP contribution in [0, 0.1) is 6.92 Å². The van der Waals surface area contributed by atoms with Gasteiger partial charge in [-0.3, -0.25) is 4.79 Å². The third-order valence-electron chi connectivity index (χ3n) is 3.23. The fourth-order valence-corrected chi connectivity index (χ4v) is 2.30. The second kappa shape index (κ2) is 4.34. The van der Waals surface area contributed by atoms with Crippen molar-refractivity contribution in [2.45, 2.75) is 6.92 Å². The van der Waals surface area contributed by atoms with E-state index in [1.54, 1.807) is 6.20 Å². The molecule has 0 aliphatic carbocycles. The molecule has 2 aromatic heterocycles. The van der Waals surface area contributed by atoms with E-state index in [2.05, 4.69) is 15.0 Å². The molecule has 0 radical (unpaired) electrons. The lowest BCUT2D eigenvalue weighted by atomic mass is 10.0. The molecule has 3 aromatic rings. The predicted octanol–water partition coefficient (Wildman–Crippen LogP) is 2.13. The molecule has 0 unspecified atom stereocenters. The maximum Gasteiger partial charge on any atom is 0.354 e. The summed E-state index contributed by atoms with van der Waals surface area (Å²) >= 11 is 0. The van der Waals surface area contributed by atoms with Crippen molar-refractivity contribution >= 4 is 22.7 Å². The van der Waals surface area contributed by atoms with E-state index < -0.39 is 11.8 Å². The Balaban J connectivity index is 2.18. The van der Waals surface area contributed by atoms with Crippen LogP contribution in [0.1, 0.15) is 32.1 Å². The van der Waals surface area contributed by atoms with E-state index in [1.807, 2.05) is 25.1 Å². The highest BCUT2D eigenvalue weighted by molar-refractivity contribution is 6.18. The van der Waals surface area contributed by atoms with Crippen LogP contribution in [-0.2, 0) is 0 Å². The van der Waals surface area contributed by atoms with Gasteiger partial charge < -0.3 is 15.1 Å². The van der Waals surface area contributed by atoms with Crippen LogP contribution in [0.2, 0.25) is 0 Å². The van der Waals surface area contributed by atoms with Crippen LogP contribution >= 0.6 is 0 Å². The molecule has 6 heteroatoms. The van der Waals surface area contributed by atoms with E-state index >= 15 is 0 Å². The first kappa shape index (κ1) is 12.2. The smallest absolute Gasteiger partial charge is 0.354 e. The second-order valence-electron chi connectivity index (χ2n) is 4.46. The zero-order valence-electron chi connectivity index (χ0n) is 10.6. The first-order valence-corrected chi connectivity index (χ1v) is 5.97. The fourth-order valence-electron chi connectivity index (χ4n) is 2.30. The summed E-state index contributed by atoms with van der Waals surface area (Å²) in [6.45, 7) is 1.90. The van der Waals surface area contributed by atoms with Gasteiger partial charge in [0.15, 0.2) is 5.69 Å². The van der Waals surface area contributed by atoms with Gasteiger partial charge in [-0.15, -0.1) is 0 Å². The van der Waals surface area contributed by atoms with Crippen molar-refractivity contribution < 1.29 is 14.7 Å². The number of carbonyl (C=O) groups is 2. The lowest BCUT2D eigenvalue weighted by Gasteiger charge is -2.00. The number of rotatable bonds is 3. The summed E-state index contributed by atoms with van der Waals surface area (Å²) in [7, 11) is 0. The second-order valence-corrected chi connectivity index (χ2v) is 4.46. The number of imidazole rings is 1. The number of aromatic carboxylic acids is 1. The van der Waals surface area contributed by atoms with Crippen molar-refractivity contribution in [2.24, 2.45) is 0 Å². The zero-order valence-corrected chi connectivity index (χ0v) is 10.6. The normalized spacial score (nSPS) is 10.8. The van der Waals surface area contributed by atoms with Crippen LogP contribution < -0.4 is 0 Å². The number of ketones is 1. The number of aromatic nitrogens is 3. The first-order valence-electron chi connectivity index (χ1n) is 5.97. The highest BCUT2D eigenvalue weighted by Crippen LogP contribution is 2.24. The molecule has 3 N–H and O–H groups in total. The van der Waals surface area contributed by atoms with E-state index in [0.717, 1.165) is 16.5 Å². The maximum atomic E-state index is 12.5. The minimum absolute atomic E-state index is 0.0818. The quantitative estimate of drug-likeness (QED) is 0.634. The van der Waals surface area contributed by atoms with E-state index in [-0.39, 0.29) is 11.4 Å². The van der Waals surface area contributed by atoms with Crippen molar-refractivity contribution in [1.29, 1.82) is 0 Å². The molecule has 6 nitrogen and oxygen atoms in total. The van der Waals surface area contributed by atoms with Crippen molar-refractivity contribution in [2.75, 3.05) is 0 Å². The molecule has 0 saturated carbocycles. The summed E-state index contributed by atoms with van der Waals surface area (Å²) in [4.78, 5) is 32.9. The molecule has 0 bridgehead atoms. The molecule has 3 rings (SSSR count). The monoisotopic (exact) mass is 269 g/mol. The summed E-state index contributed by atoms with van der Waals surface area (Å²) in [5.74, 6) is -1.62. The molecule has 0 spiro atoms.